The molecule has 2 rings (SSSR count). The fourth-order valence-corrected chi connectivity index (χ4v) is 3.71. The third-order valence-corrected chi connectivity index (χ3v) is 4.83. The zero-order chi connectivity index (χ0) is 13.0. The van der Waals surface area contributed by atoms with Crippen LogP contribution >= 0.6 is 11.8 Å². The first-order valence-electron chi connectivity index (χ1n) is 6.24. The highest BCUT2D eigenvalue weighted by Gasteiger charge is 2.21. The van der Waals surface area contributed by atoms with Crippen LogP contribution in [0.3, 0.4) is 0 Å². The molecule has 1 atom stereocenters. The summed E-state index contributed by atoms with van der Waals surface area (Å²) in [6.45, 7) is 0. The summed E-state index contributed by atoms with van der Waals surface area (Å²) in [5.41, 5.74) is 2.89. The molecule has 2 nitrogen and oxygen atoms in total. The Hall–Kier alpha value is -0.650. The number of hydrogen-bond acceptors (Lipinski definition) is 3. The van der Waals surface area contributed by atoms with Gasteiger partial charge in [0.25, 0.3) is 0 Å². The standard InChI is InChI=1S/C13H18F2N2S/c14-11-7-3-6-10(13(11)15)12(17-16)8-18-9-4-1-2-5-9/h3,6-7,9,12,17H,1-2,4-5,8,16H2. The molecule has 1 unspecified atom stereocenters. The topological polar surface area (TPSA) is 38.0 Å². The Morgan fingerprint density at radius 3 is 2.72 bits per heavy atom. The van der Waals surface area contributed by atoms with Crippen molar-refractivity contribution < 1.29 is 8.78 Å². The summed E-state index contributed by atoms with van der Waals surface area (Å²) in [5, 5.41) is 0.637. The maximum absolute atomic E-state index is 13.7. The van der Waals surface area contributed by atoms with E-state index < -0.39 is 11.6 Å². The zero-order valence-electron chi connectivity index (χ0n) is 10.2. The maximum Gasteiger partial charge on any atom is 0.163 e. The van der Waals surface area contributed by atoms with Gasteiger partial charge in [0.1, 0.15) is 0 Å². The lowest BCUT2D eigenvalue weighted by Crippen LogP contribution is -2.31. The first-order chi connectivity index (χ1) is 8.72. The van der Waals surface area contributed by atoms with Crippen molar-refractivity contribution in [2.24, 2.45) is 5.84 Å². The van der Waals surface area contributed by atoms with E-state index in [0.717, 1.165) is 6.07 Å². The number of nitrogens with two attached hydrogens (primary N) is 1. The molecular weight excluding hydrogens is 254 g/mol. The van der Waals surface area contributed by atoms with Gasteiger partial charge in [0, 0.05) is 16.6 Å². The van der Waals surface area contributed by atoms with E-state index in [1.54, 1.807) is 17.8 Å². The van der Waals surface area contributed by atoms with Gasteiger partial charge in [-0.1, -0.05) is 25.0 Å². The number of hydrazine groups is 1. The van der Waals surface area contributed by atoms with Crippen LogP contribution in [0.5, 0.6) is 0 Å². The van der Waals surface area contributed by atoms with Gasteiger partial charge >= 0.3 is 0 Å². The van der Waals surface area contributed by atoms with Crippen LogP contribution in [0, 0.1) is 11.6 Å². The molecule has 1 fully saturated rings. The molecule has 1 aromatic rings. The van der Waals surface area contributed by atoms with Crippen LogP contribution in [-0.4, -0.2) is 11.0 Å². The number of benzene rings is 1. The molecule has 0 radical (unpaired) electrons. The average Bonchev–Trinajstić information content (AvgIpc) is 2.88. The quantitative estimate of drug-likeness (QED) is 0.639. The highest BCUT2D eigenvalue weighted by Crippen LogP contribution is 2.32. The number of thioether (sulfide) groups is 1. The van der Waals surface area contributed by atoms with Crippen molar-refractivity contribution in [2.45, 2.75) is 37.0 Å². The molecule has 1 saturated carbocycles. The third kappa shape index (κ3) is 3.22. The van der Waals surface area contributed by atoms with Crippen LogP contribution in [0.1, 0.15) is 37.3 Å². The van der Waals surface area contributed by atoms with Gasteiger partial charge in [-0.05, 0) is 18.9 Å². The minimum Gasteiger partial charge on any atom is -0.271 e. The molecule has 100 valence electrons. The zero-order valence-corrected chi connectivity index (χ0v) is 11.0. The summed E-state index contributed by atoms with van der Waals surface area (Å²) < 4.78 is 26.8. The van der Waals surface area contributed by atoms with E-state index in [0.29, 0.717) is 16.6 Å². The molecule has 18 heavy (non-hydrogen) atoms. The molecule has 0 spiro atoms. The fourth-order valence-electron chi connectivity index (χ4n) is 2.30. The van der Waals surface area contributed by atoms with E-state index in [9.17, 15) is 8.78 Å². The second kappa shape index (κ2) is 6.50. The molecule has 5 heteroatoms. The Balaban J connectivity index is 2.00. The molecule has 1 aliphatic carbocycles. The number of hydrogen-bond donors (Lipinski definition) is 2. The van der Waals surface area contributed by atoms with Crippen molar-refractivity contribution in [1.29, 1.82) is 0 Å². The Labute approximate surface area is 110 Å². The Morgan fingerprint density at radius 1 is 1.33 bits per heavy atom. The summed E-state index contributed by atoms with van der Waals surface area (Å²) in [4.78, 5) is 0. The largest absolute Gasteiger partial charge is 0.271 e. The molecule has 3 N–H and O–H groups in total. The van der Waals surface area contributed by atoms with Crippen molar-refractivity contribution >= 4 is 11.8 Å². The van der Waals surface area contributed by atoms with Crippen LogP contribution in [0.2, 0.25) is 0 Å². The number of nitrogens with one attached hydrogen (secondary N) is 1. The van der Waals surface area contributed by atoms with Crippen LogP contribution < -0.4 is 11.3 Å². The summed E-state index contributed by atoms with van der Waals surface area (Å²) >= 11 is 1.79. The SMILES string of the molecule is NNC(CSC1CCCC1)c1cccc(F)c1F. The second-order valence-corrected chi connectivity index (χ2v) is 5.94. The van der Waals surface area contributed by atoms with Crippen molar-refractivity contribution in [3.63, 3.8) is 0 Å². The fraction of sp³-hybridized carbons (Fsp3) is 0.538. The predicted octanol–water partition coefficient (Wildman–Crippen LogP) is 3.15. The van der Waals surface area contributed by atoms with Crippen molar-refractivity contribution in [3.8, 4) is 0 Å². The van der Waals surface area contributed by atoms with Gasteiger partial charge in [-0.15, -0.1) is 0 Å². The van der Waals surface area contributed by atoms with Crippen LogP contribution in [0.15, 0.2) is 18.2 Å². The molecule has 0 heterocycles. The molecule has 0 aliphatic heterocycles. The van der Waals surface area contributed by atoms with Gasteiger partial charge in [-0.25, -0.2) is 8.78 Å². The predicted molar refractivity (Wildman–Crippen MR) is 71.1 cm³/mol. The van der Waals surface area contributed by atoms with E-state index in [1.807, 2.05) is 0 Å². The van der Waals surface area contributed by atoms with E-state index in [1.165, 1.54) is 31.7 Å². The molecule has 0 amide bonds. The van der Waals surface area contributed by atoms with Gasteiger partial charge < -0.3 is 0 Å². The van der Waals surface area contributed by atoms with Crippen LogP contribution in [0.4, 0.5) is 8.78 Å². The first-order valence-corrected chi connectivity index (χ1v) is 7.29. The first kappa shape index (κ1) is 13.8. The Kier molecular flexibility index (Phi) is 4.97. The lowest BCUT2D eigenvalue weighted by Gasteiger charge is -2.19. The summed E-state index contributed by atoms with van der Waals surface area (Å²) in [7, 11) is 0. The Bertz CT molecular complexity index is 395. The molecule has 0 bridgehead atoms. The van der Waals surface area contributed by atoms with Crippen LogP contribution in [-0.2, 0) is 0 Å². The van der Waals surface area contributed by atoms with Gasteiger partial charge in [0.15, 0.2) is 11.6 Å². The number of rotatable bonds is 5. The molecule has 0 aromatic heterocycles. The molecule has 0 saturated heterocycles. The van der Waals surface area contributed by atoms with Gasteiger partial charge in [-0.3, -0.25) is 11.3 Å². The van der Waals surface area contributed by atoms with Crippen LogP contribution in [0.25, 0.3) is 0 Å². The lowest BCUT2D eigenvalue weighted by atomic mass is 10.1. The molecular formula is C13H18F2N2S. The minimum absolute atomic E-state index is 0.308. The summed E-state index contributed by atoms with van der Waals surface area (Å²) in [6.07, 6.45) is 4.97. The van der Waals surface area contributed by atoms with E-state index >= 15 is 0 Å². The monoisotopic (exact) mass is 272 g/mol. The van der Waals surface area contributed by atoms with Gasteiger partial charge in [0.2, 0.25) is 0 Å². The van der Waals surface area contributed by atoms with Crippen molar-refractivity contribution in [1.82, 2.24) is 5.43 Å². The average molecular weight is 272 g/mol. The summed E-state index contributed by atoms with van der Waals surface area (Å²) in [5.74, 6) is 4.50. The second-order valence-electron chi connectivity index (χ2n) is 4.60. The molecule has 1 aliphatic rings. The number of halogens is 2. The van der Waals surface area contributed by atoms with E-state index in [4.69, 9.17) is 5.84 Å². The van der Waals surface area contributed by atoms with Crippen molar-refractivity contribution in [3.05, 3.63) is 35.4 Å². The maximum atomic E-state index is 13.7. The highest BCUT2D eigenvalue weighted by atomic mass is 32.2. The lowest BCUT2D eigenvalue weighted by molar-refractivity contribution is 0.478. The normalized spacial score (nSPS) is 18.2. The molecule has 1 aromatic carbocycles. The van der Waals surface area contributed by atoms with Gasteiger partial charge in [0.05, 0.1) is 6.04 Å². The minimum atomic E-state index is -0.821. The van der Waals surface area contributed by atoms with Crippen molar-refractivity contribution in [2.75, 3.05) is 5.75 Å². The highest BCUT2D eigenvalue weighted by molar-refractivity contribution is 7.99. The van der Waals surface area contributed by atoms with E-state index in [-0.39, 0.29) is 6.04 Å². The van der Waals surface area contributed by atoms with E-state index in [2.05, 4.69) is 5.43 Å². The summed E-state index contributed by atoms with van der Waals surface area (Å²) in [6, 6.07) is 3.87. The third-order valence-electron chi connectivity index (χ3n) is 3.36. The van der Waals surface area contributed by atoms with Gasteiger partial charge in [-0.2, -0.15) is 11.8 Å². The smallest absolute Gasteiger partial charge is 0.163 e. The Morgan fingerprint density at radius 2 is 2.06 bits per heavy atom.